The number of amides is 3. The van der Waals surface area contributed by atoms with Crippen LogP contribution in [0.25, 0.3) is 0 Å². The van der Waals surface area contributed by atoms with Gasteiger partial charge in [0.1, 0.15) is 0 Å². The summed E-state index contributed by atoms with van der Waals surface area (Å²) >= 11 is 0. The van der Waals surface area contributed by atoms with Crippen LogP contribution in [0.2, 0.25) is 0 Å². The number of likely N-dealkylation sites (tertiary alicyclic amines) is 1. The van der Waals surface area contributed by atoms with Crippen LogP contribution in [-0.4, -0.2) is 36.5 Å². The Morgan fingerprint density at radius 2 is 1.83 bits per heavy atom. The van der Waals surface area contributed by atoms with E-state index in [-0.39, 0.29) is 6.03 Å². The molecule has 0 bridgehead atoms. The summed E-state index contributed by atoms with van der Waals surface area (Å²) in [6, 6.07) is 9.32. The summed E-state index contributed by atoms with van der Waals surface area (Å²) in [5.74, 6) is 1.90. The minimum Gasteiger partial charge on any atom is -0.343 e. The number of allylic oxidation sites excluding steroid dienone is 1. The summed E-state index contributed by atoms with van der Waals surface area (Å²) in [7, 11) is 0. The monoisotopic (exact) mass is 397 g/mol. The zero-order valence-electron chi connectivity index (χ0n) is 18.0. The molecule has 1 saturated heterocycles. The molecule has 1 aromatic carbocycles. The standard InChI is InChI=1S/C24H35N3O2/c1-17(2)22-14-19(15-23(28)27-11-7-8-12-27)18(3)13-20(22)16-25-24(29)26-21-9-5-4-6-10-21/h4-6,9-10,13,17,19-20,22H,7-8,11-12,14-16H2,1-3H3,(H2,25,26,29). The van der Waals surface area contributed by atoms with Gasteiger partial charge in [0.25, 0.3) is 0 Å². The van der Waals surface area contributed by atoms with Crippen LogP contribution in [0, 0.1) is 23.7 Å². The molecule has 3 atom stereocenters. The van der Waals surface area contributed by atoms with Gasteiger partial charge >= 0.3 is 6.03 Å². The number of benzene rings is 1. The molecule has 158 valence electrons. The predicted octanol–water partition coefficient (Wildman–Crippen LogP) is 4.68. The molecule has 29 heavy (non-hydrogen) atoms. The number of carbonyl (C=O) groups excluding carboxylic acids is 2. The molecular formula is C24H35N3O2. The van der Waals surface area contributed by atoms with E-state index in [4.69, 9.17) is 0 Å². The Morgan fingerprint density at radius 3 is 2.48 bits per heavy atom. The maximum Gasteiger partial charge on any atom is 0.319 e. The van der Waals surface area contributed by atoms with Crippen LogP contribution in [0.15, 0.2) is 42.0 Å². The second kappa shape index (κ2) is 9.95. The zero-order chi connectivity index (χ0) is 20.8. The minimum absolute atomic E-state index is 0.170. The number of urea groups is 1. The highest BCUT2D eigenvalue weighted by Gasteiger charge is 2.33. The van der Waals surface area contributed by atoms with Gasteiger partial charge in [0, 0.05) is 31.7 Å². The highest BCUT2D eigenvalue weighted by molar-refractivity contribution is 5.89. The molecule has 1 aromatic rings. The van der Waals surface area contributed by atoms with Gasteiger partial charge in [-0.1, -0.05) is 43.7 Å². The van der Waals surface area contributed by atoms with E-state index in [1.54, 1.807) is 0 Å². The van der Waals surface area contributed by atoms with E-state index >= 15 is 0 Å². The molecule has 2 N–H and O–H groups in total. The fraction of sp³-hybridized carbons (Fsp3) is 0.583. The van der Waals surface area contributed by atoms with Crippen LogP contribution in [0.1, 0.15) is 46.5 Å². The maximum atomic E-state index is 12.6. The molecule has 2 aliphatic rings. The lowest BCUT2D eigenvalue weighted by Gasteiger charge is -2.37. The van der Waals surface area contributed by atoms with Crippen molar-refractivity contribution in [2.45, 2.75) is 46.5 Å². The van der Waals surface area contributed by atoms with Gasteiger partial charge in [-0.05, 0) is 62.0 Å². The third-order valence-electron chi connectivity index (χ3n) is 6.49. The Morgan fingerprint density at radius 1 is 1.14 bits per heavy atom. The molecule has 1 fully saturated rings. The summed E-state index contributed by atoms with van der Waals surface area (Å²) in [5.41, 5.74) is 2.09. The van der Waals surface area contributed by atoms with Crippen molar-refractivity contribution in [3.05, 3.63) is 42.0 Å². The van der Waals surface area contributed by atoms with Crippen molar-refractivity contribution in [2.75, 3.05) is 25.0 Å². The van der Waals surface area contributed by atoms with Crippen molar-refractivity contribution in [3.63, 3.8) is 0 Å². The van der Waals surface area contributed by atoms with Gasteiger partial charge in [-0.15, -0.1) is 0 Å². The summed E-state index contributed by atoms with van der Waals surface area (Å²) < 4.78 is 0. The zero-order valence-corrected chi connectivity index (χ0v) is 18.0. The first-order valence-corrected chi connectivity index (χ1v) is 11.0. The lowest BCUT2D eigenvalue weighted by atomic mass is 9.69. The number of hydrogen-bond acceptors (Lipinski definition) is 2. The van der Waals surface area contributed by atoms with Gasteiger partial charge in [0.05, 0.1) is 0 Å². The fourth-order valence-electron chi connectivity index (χ4n) is 4.72. The molecule has 1 heterocycles. The quantitative estimate of drug-likeness (QED) is 0.685. The van der Waals surface area contributed by atoms with Gasteiger partial charge in [-0.2, -0.15) is 0 Å². The van der Waals surface area contributed by atoms with Crippen LogP contribution >= 0.6 is 0 Å². The number of carbonyl (C=O) groups is 2. The molecule has 0 spiro atoms. The number of anilines is 1. The number of para-hydroxylation sites is 1. The van der Waals surface area contributed by atoms with E-state index in [0.717, 1.165) is 38.0 Å². The van der Waals surface area contributed by atoms with Gasteiger partial charge in [0.2, 0.25) is 5.91 Å². The minimum atomic E-state index is -0.170. The largest absolute Gasteiger partial charge is 0.343 e. The van der Waals surface area contributed by atoms with Crippen molar-refractivity contribution in [1.82, 2.24) is 10.2 Å². The predicted molar refractivity (Wildman–Crippen MR) is 118 cm³/mol. The second-order valence-corrected chi connectivity index (χ2v) is 8.91. The first-order valence-electron chi connectivity index (χ1n) is 11.0. The summed E-state index contributed by atoms with van der Waals surface area (Å²) in [6.45, 7) is 9.10. The molecule has 0 radical (unpaired) electrons. The SMILES string of the molecule is CC1=CC(CNC(=O)Nc2ccccc2)C(C(C)C)CC1CC(=O)N1CCCC1. The lowest BCUT2D eigenvalue weighted by molar-refractivity contribution is -0.131. The highest BCUT2D eigenvalue weighted by atomic mass is 16.2. The van der Waals surface area contributed by atoms with Gasteiger partial charge in [0.15, 0.2) is 0 Å². The summed E-state index contributed by atoms with van der Waals surface area (Å²) in [5, 5.41) is 5.92. The van der Waals surface area contributed by atoms with Gasteiger partial charge in [-0.3, -0.25) is 4.79 Å². The average Bonchev–Trinajstić information content (AvgIpc) is 3.23. The van der Waals surface area contributed by atoms with E-state index in [2.05, 4.69) is 37.5 Å². The fourth-order valence-corrected chi connectivity index (χ4v) is 4.72. The molecule has 3 rings (SSSR count). The maximum absolute atomic E-state index is 12.6. The van der Waals surface area contributed by atoms with E-state index in [1.807, 2.05) is 35.2 Å². The van der Waals surface area contributed by atoms with Crippen LogP contribution in [0.5, 0.6) is 0 Å². The number of rotatable bonds is 6. The Kier molecular flexibility index (Phi) is 7.34. The smallest absolute Gasteiger partial charge is 0.319 e. The van der Waals surface area contributed by atoms with Gasteiger partial charge in [-0.25, -0.2) is 4.79 Å². The Balaban J connectivity index is 1.58. The van der Waals surface area contributed by atoms with Crippen LogP contribution in [-0.2, 0) is 4.79 Å². The third kappa shape index (κ3) is 5.84. The van der Waals surface area contributed by atoms with Gasteiger partial charge < -0.3 is 15.5 Å². The Bertz CT molecular complexity index is 723. The van der Waals surface area contributed by atoms with Crippen LogP contribution < -0.4 is 10.6 Å². The van der Waals surface area contributed by atoms with Crippen molar-refractivity contribution in [1.29, 1.82) is 0 Å². The molecule has 1 aliphatic heterocycles. The van der Waals surface area contributed by atoms with Crippen LogP contribution in [0.3, 0.4) is 0 Å². The molecule has 5 nitrogen and oxygen atoms in total. The lowest BCUT2D eigenvalue weighted by Crippen LogP contribution is -2.39. The third-order valence-corrected chi connectivity index (χ3v) is 6.49. The van der Waals surface area contributed by atoms with Crippen LogP contribution in [0.4, 0.5) is 10.5 Å². The Labute approximate surface area is 174 Å². The number of hydrogen-bond donors (Lipinski definition) is 2. The van der Waals surface area contributed by atoms with Crippen molar-refractivity contribution in [2.24, 2.45) is 23.7 Å². The Hall–Kier alpha value is -2.30. The topological polar surface area (TPSA) is 61.4 Å². The van der Waals surface area contributed by atoms with E-state index in [1.165, 1.54) is 5.57 Å². The summed E-state index contributed by atoms with van der Waals surface area (Å²) in [6.07, 6.45) is 6.22. The molecule has 3 unspecified atom stereocenters. The van der Waals surface area contributed by atoms with Crippen molar-refractivity contribution < 1.29 is 9.59 Å². The molecular weight excluding hydrogens is 362 g/mol. The normalized spacial score (nSPS) is 24.3. The first kappa shape index (κ1) is 21.4. The molecule has 1 aliphatic carbocycles. The molecule has 0 aromatic heterocycles. The first-order chi connectivity index (χ1) is 13.9. The van der Waals surface area contributed by atoms with Crippen molar-refractivity contribution in [3.8, 4) is 0 Å². The number of nitrogens with zero attached hydrogens (tertiary/aromatic N) is 1. The van der Waals surface area contributed by atoms with Crippen molar-refractivity contribution >= 4 is 17.6 Å². The summed E-state index contributed by atoms with van der Waals surface area (Å²) in [4.78, 5) is 26.9. The molecule has 3 amide bonds. The average molecular weight is 398 g/mol. The highest BCUT2D eigenvalue weighted by Crippen LogP contribution is 2.39. The molecule has 0 saturated carbocycles. The van der Waals surface area contributed by atoms with E-state index in [0.29, 0.717) is 42.5 Å². The number of nitrogens with one attached hydrogen (secondary N) is 2. The molecule has 5 heteroatoms. The van der Waals surface area contributed by atoms with E-state index < -0.39 is 0 Å². The second-order valence-electron chi connectivity index (χ2n) is 8.91. The van der Waals surface area contributed by atoms with E-state index in [9.17, 15) is 9.59 Å².